The minimum Gasteiger partial charge on any atom is -0.393 e. The van der Waals surface area contributed by atoms with E-state index in [4.69, 9.17) is 18.9 Å². The molecule has 114 valence electrons. The molecule has 0 spiro atoms. The van der Waals surface area contributed by atoms with Crippen LogP contribution in [0.15, 0.2) is 0 Å². The third kappa shape index (κ3) is 2.14. The Morgan fingerprint density at radius 3 is 2.75 bits per heavy atom. The molecule has 3 rings (SSSR count). The van der Waals surface area contributed by atoms with Crippen LogP contribution in [0.4, 0.5) is 0 Å². The first kappa shape index (κ1) is 14.2. The van der Waals surface area contributed by atoms with Crippen LogP contribution < -0.4 is 5.32 Å². The average molecular weight is 287 g/mol. The lowest BCUT2D eigenvalue weighted by atomic mass is 9.82. The summed E-state index contributed by atoms with van der Waals surface area (Å²) in [5.41, 5.74) is -0.823. The highest BCUT2D eigenvalue weighted by Crippen LogP contribution is 2.45. The molecule has 0 aromatic rings. The summed E-state index contributed by atoms with van der Waals surface area (Å²) in [6.45, 7) is 5.35. The van der Waals surface area contributed by atoms with E-state index in [0.29, 0.717) is 13.0 Å². The molecule has 1 amide bonds. The van der Waals surface area contributed by atoms with Crippen molar-refractivity contribution in [3.8, 4) is 0 Å². The van der Waals surface area contributed by atoms with Crippen molar-refractivity contribution >= 4 is 5.91 Å². The van der Waals surface area contributed by atoms with Gasteiger partial charge < -0.3 is 29.4 Å². The van der Waals surface area contributed by atoms with Crippen LogP contribution in [0.1, 0.15) is 27.2 Å². The number of aliphatic hydroxyl groups is 1. The number of hydrogen-bond acceptors (Lipinski definition) is 6. The van der Waals surface area contributed by atoms with Crippen molar-refractivity contribution < 1.29 is 28.8 Å². The topological polar surface area (TPSA) is 86.3 Å². The van der Waals surface area contributed by atoms with E-state index >= 15 is 0 Å². The van der Waals surface area contributed by atoms with E-state index in [1.165, 1.54) is 6.92 Å². The second kappa shape index (κ2) is 4.64. The Morgan fingerprint density at radius 1 is 1.35 bits per heavy atom. The van der Waals surface area contributed by atoms with Gasteiger partial charge in [-0.3, -0.25) is 4.79 Å². The molecule has 4 unspecified atom stereocenters. The summed E-state index contributed by atoms with van der Waals surface area (Å²) >= 11 is 0. The Balaban J connectivity index is 1.94. The fourth-order valence-corrected chi connectivity index (χ4v) is 3.26. The van der Waals surface area contributed by atoms with Gasteiger partial charge in [0.05, 0.1) is 13.2 Å². The minimum atomic E-state index is -0.823. The highest BCUT2D eigenvalue weighted by molar-refractivity contribution is 5.73. The maximum Gasteiger partial charge on any atom is 0.217 e. The minimum absolute atomic E-state index is 0.166. The van der Waals surface area contributed by atoms with E-state index < -0.39 is 35.9 Å². The zero-order chi connectivity index (χ0) is 14.5. The van der Waals surface area contributed by atoms with Crippen LogP contribution in [-0.4, -0.2) is 60.2 Å². The number of hydrogen-bond donors (Lipinski definition) is 2. The first-order chi connectivity index (χ1) is 9.37. The molecular weight excluding hydrogens is 266 g/mol. The van der Waals surface area contributed by atoms with Gasteiger partial charge in [-0.05, 0) is 13.8 Å². The van der Waals surface area contributed by atoms with Gasteiger partial charge in [0.25, 0.3) is 0 Å². The number of rotatable bonds is 2. The normalized spacial score (nSPS) is 45.8. The summed E-state index contributed by atoms with van der Waals surface area (Å²) < 4.78 is 23.3. The molecule has 5 atom stereocenters. The Bertz CT molecular complexity index is 414. The Morgan fingerprint density at radius 2 is 2.10 bits per heavy atom. The van der Waals surface area contributed by atoms with Crippen LogP contribution in [-0.2, 0) is 23.7 Å². The van der Waals surface area contributed by atoms with E-state index in [1.807, 2.05) is 13.8 Å². The third-order valence-corrected chi connectivity index (χ3v) is 4.09. The van der Waals surface area contributed by atoms with Gasteiger partial charge in [0, 0.05) is 13.3 Å². The van der Waals surface area contributed by atoms with Crippen molar-refractivity contribution in [1.29, 1.82) is 0 Å². The van der Waals surface area contributed by atoms with Crippen molar-refractivity contribution in [3.05, 3.63) is 0 Å². The van der Waals surface area contributed by atoms with Crippen LogP contribution in [0, 0.1) is 0 Å². The highest BCUT2D eigenvalue weighted by atomic mass is 16.8. The lowest BCUT2D eigenvalue weighted by Gasteiger charge is -2.51. The Labute approximate surface area is 117 Å². The van der Waals surface area contributed by atoms with Crippen LogP contribution >= 0.6 is 0 Å². The van der Waals surface area contributed by atoms with Crippen molar-refractivity contribution in [3.63, 3.8) is 0 Å². The van der Waals surface area contributed by atoms with Crippen molar-refractivity contribution in [2.75, 3.05) is 13.2 Å². The van der Waals surface area contributed by atoms with Crippen molar-refractivity contribution in [2.45, 2.75) is 63.1 Å². The predicted octanol–water partition coefficient (Wildman–Crippen LogP) is -0.481. The first-order valence-corrected chi connectivity index (χ1v) is 6.90. The van der Waals surface area contributed by atoms with Crippen molar-refractivity contribution in [1.82, 2.24) is 5.32 Å². The van der Waals surface area contributed by atoms with Gasteiger partial charge in [0.2, 0.25) is 5.91 Å². The molecule has 20 heavy (non-hydrogen) atoms. The monoisotopic (exact) mass is 287 g/mol. The maximum absolute atomic E-state index is 11.4. The summed E-state index contributed by atoms with van der Waals surface area (Å²) in [5.74, 6) is -0.967. The van der Waals surface area contributed by atoms with E-state index in [0.717, 1.165) is 0 Å². The second-order valence-corrected chi connectivity index (χ2v) is 6.08. The quantitative estimate of drug-likeness (QED) is 0.713. The highest BCUT2D eigenvalue weighted by Gasteiger charge is 2.63. The smallest absolute Gasteiger partial charge is 0.217 e. The molecular formula is C13H21NO6. The molecule has 7 nitrogen and oxygen atoms in total. The zero-order valence-corrected chi connectivity index (χ0v) is 11.9. The molecule has 0 aromatic heterocycles. The van der Waals surface area contributed by atoms with Crippen molar-refractivity contribution in [2.24, 2.45) is 0 Å². The van der Waals surface area contributed by atoms with Crippen LogP contribution in [0.25, 0.3) is 0 Å². The lowest BCUT2D eigenvalue weighted by molar-refractivity contribution is -0.330. The van der Waals surface area contributed by atoms with E-state index in [1.54, 1.807) is 0 Å². The lowest BCUT2D eigenvalue weighted by Crippen LogP contribution is -2.71. The molecule has 3 aliphatic heterocycles. The first-order valence-electron chi connectivity index (χ1n) is 6.90. The van der Waals surface area contributed by atoms with Gasteiger partial charge in [0.1, 0.15) is 23.9 Å². The number of fused-ring (bicyclic) bond motifs is 4. The third-order valence-electron chi connectivity index (χ3n) is 4.09. The fraction of sp³-hybridized carbons (Fsp3) is 0.923. The molecule has 0 aliphatic carbocycles. The average Bonchev–Trinajstić information content (AvgIpc) is 2.71. The van der Waals surface area contributed by atoms with Gasteiger partial charge in [0.15, 0.2) is 12.1 Å². The van der Waals surface area contributed by atoms with Gasteiger partial charge in [-0.1, -0.05) is 0 Å². The van der Waals surface area contributed by atoms with Gasteiger partial charge in [-0.2, -0.15) is 0 Å². The van der Waals surface area contributed by atoms with E-state index in [-0.39, 0.29) is 12.5 Å². The molecule has 2 N–H and O–H groups in total. The van der Waals surface area contributed by atoms with Crippen LogP contribution in [0.2, 0.25) is 0 Å². The van der Waals surface area contributed by atoms with Crippen LogP contribution in [0.5, 0.6) is 0 Å². The zero-order valence-electron chi connectivity index (χ0n) is 11.9. The maximum atomic E-state index is 11.4. The summed E-state index contributed by atoms with van der Waals surface area (Å²) in [7, 11) is 0. The Hall–Kier alpha value is -0.730. The molecule has 3 aliphatic rings. The summed E-state index contributed by atoms with van der Waals surface area (Å²) in [4.78, 5) is 11.4. The summed E-state index contributed by atoms with van der Waals surface area (Å²) in [6, 6.07) is -0.445. The predicted molar refractivity (Wildman–Crippen MR) is 66.7 cm³/mol. The summed E-state index contributed by atoms with van der Waals surface area (Å²) in [6.07, 6.45) is -0.925. The molecule has 3 fully saturated rings. The molecule has 2 bridgehead atoms. The molecule has 0 saturated carbocycles. The molecule has 7 heteroatoms. The number of aliphatic hydroxyl groups excluding tert-OH is 1. The van der Waals surface area contributed by atoms with Gasteiger partial charge >= 0.3 is 0 Å². The van der Waals surface area contributed by atoms with Gasteiger partial charge in [-0.15, -0.1) is 0 Å². The molecule has 3 saturated heterocycles. The molecule has 3 heterocycles. The fourth-order valence-electron chi connectivity index (χ4n) is 3.26. The second-order valence-electron chi connectivity index (χ2n) is 6.08. The molecule has 0 aromatic carbocycles. The summed E-state index contributed by atoms with van der Waals surface area (Å²) in [5, 5.41) is 12.6. The Kier molecular flexibility index (Phi) is 3.30. The SMILES string of the molecule is CC(=O)N[C@@H]1C2OCCC(CO)(O2)C2OC(C)(C)OC21. The number of amides is 1. The number of carbonyl (C=O) groups excluding carboxylic acids is 1. The largest absolute Gasteiger partial charge is 0.393 e. The standard InChI is InChI=1S/C13H21NO6/c1-7(16)14-8-9-10(19-12(2,3)18-9)13(6-15)4-5-17-11(8)20-13/h8-11,15H,4-6H2,1-3H3,(H,14,16)/t8-,9?,10?,11?,13?/m0/s1. The van der Waals surface area contributed by atoms with E-state index in [9.17, 15) is 9.90 Å². The molecule has 0 radical (unpaired) electrons. The number of nitrogens with one attached hydrogen (secondary N) is 1. The van der Waals surface area contributed by atoms with E-state index in [2.05, 4.69) is 5.32 Å². The number of carbonyl (C=O) groups is 1. The van der Waals surface area contributed by atoms with Crippen LogP contribution in [0.3, 0.4) is 0 Å². The number of ether oxygens (including phenoxy) is 4. The van der Waals surface area contributed by atoms with Gasteiger partial charge in [-0.25, -0.2) is 0 Å².